The summed E-state index contributed by atoms with van der Waals surface area (Å²) in [6.45, 7) is 2.09. The van der Waals surface area contributed by atoms with Gasteiger partial charge in [0.25, 0.3) is 0 Å². The third-order valence-electron chi connectivity index (χ3n) is 3.60. The number of likely N-dealkylation sites (N-methyl/N-ethyl adjacent to an activating group) is 1. The Morgan fingerprint density at radius 3 is 2.33 bits per heavy atom. The van der Waals surface area contributed by atoms with Gasteiger partial charge < -0.3 is 15.0 Å². The lowest BCUT2D eigenvalue weighted by atomic mass is 10.0. The van der Waals surface area contributed by atoms with E-state index in [9.17, 15) is 0 Å². The van der Waals surface area contributed by atoms with Gasteiger partial charge in [-0.15, -0.1) is 0 Å². The molecule has 112 valence electrons. The number of hydrogen-bond donors (Lipinski definition) is 1. The highest BCUT2D eigenvalue weighted by Gasteiger charge is 2.19. The van der Waals surface area contributed by atoms with Gasteiger partial charge in [-0.25, -0.2) is 0 Å². The van der Waals surface area contributed by atoms with Crippen molar-refractivity contribution in [2.75, 3.05) is 26.0 Å². The summed E-state index contributed by atoms with van der Waals surface area (Å²) in [7, 11) is 6.03. The predicted molar refractivity (Wildman–Crippen MR) is 89.1 cm³/mol. The van der Waals surface area contributed by atoms with Crippen molar-refractivity contribution in [1.82, 2.24) is 5.32 Å². The van der Waals surface area contributed by atoms with Gasteiger partial charge in [0, 0.05) is 25.8 Å². The highest BCUT2D eigenvalue weighted by molar-refractivity contribution is 5.49. The summed E-state index contributed by atoms with van der Waals surface area (Å²) in [5.41, 5.74) is 2.37. The van der Waals surface area contributed by atoms with Crippen molar-refractivity contribution >= 4 is 5.69 Å². The van der Waals surface area contributed by atoms with Crippen LogP contribution in [0.15, 0.2) is 54.6 Å². The number of nitrogens with zero attached hydrogens (tertiary/aromatic N) is 1. The van der Waals surface area contributed by atoms with Crippen LogP contribution in [0, 0.1) is 0 Å². The predicted octanol–water partition coefficient (Wildman–Crippen LogP) is 3.48. The molecule has 0 aromatic heterocycles. The van der Waals surface area contributed by atoms with Gasteiger partial charge in [0.2, 0.25) is 0 Å². The molecule has 0 saturated heterocycles. The molecule has 2 unspecified atom stereocenters. The Labute approximate surface area is 127 Å². The zero-order chi connectivity index (χ0) is 15.2. The molecule has 21 heavy (non-hydrogen) atoms. The van der Waals surface area contributed by atoms with Crippen molar-refractivity contribution in [2.24, 2.45) is 0 Å². The molecule has 0 fully saturated rings. The molecule has 0 amide bonds. The first-order valence-corrected chi connectivity index (χ1v) is 7.28. The SMILES string of the molecule is CNC(c1ccccc1)C(C)Oc1cccc(N(C)C)c1. The first kappa shape index (κ1) is 15.4. The zero-order valence-corrected chi connectivity index (χ0v) is 13.2. The maximum atomic E-state index is 6.12. The number of benzene rings is 2. The van der Waals surface area contributed by atoms with Gasteiger partial charge in [0.1, 0.15) is 11.9 Å². The summed E-state index contributed by atoms with van der Waals surface area (Å²) >= 11 is 0. The first-order chi connectivity index (χ1) is 10.1. The van der Waals surface area contributed by atoms with Crippen LogP contribution in [0.5, 0.6) is 5.75 Å². The van der Waals surface area contributed by atoms with E-state index in [2.05, 4.69) is 53.5 Å². The van der Waals surface area contributed by atoms with Crippen LogP contribution in [0.1, 0.15) is 18.5 Å². The molecule has 0 radical (unpaired) electrons. The van der Waals surface area contributed by atoms with Crippen LogP contribution >= 0.6 is 0 Å². The highest BCUT2D eigenvalue weighted by Crippen LogP contribution is 2.24. The molecule has 0 heterocycles. The van der Waals surface area contributed by atoms with E-state index in [1.165, 1.54) is 5.56 Å². The third-order valence-corrected chi connectivity index (χ3v) is 3.60. The highest BCUT2D eigenvalue weighted by atomic mass is 16.5. The fourth-order valence-corrected chi connectivity index (χ4v) is 2.45. The monoisotopic (exact) mass is 284 g/mol. The number of nitrogens with one attached hydrogen (secondary N) is 1. The molecule has 2 atom stereocenters. The Kier molecular flexibility index (Phi) is 5.23. The molecule has 3 heteroatoms. The molecule has 3 nitrogen and oxygen atoms in total. The zero-order valence-electron chi connectivity index (χ0n) is 13.2. The van der Waals surface area contributed by atoms with Crippen LogP contribution in [0.3, 0.4) is 0 Å². The molecule has 2 aromatic carbocycles. The van der Waals surface area contributed by atoms with Gasteiger partial charge in [0.05, 0.1) is 6.04 Å². The molecule has 0 aliphatic heterocycles. The molecular formula is C18H24N2O. The Morgan fingerprint density at radius 1 is 1.00 bits per heavy atom. The topological polar surface area (TPSA) is 24.5 Å². The molecule has 1 N–H and O–H groups in total. The molecule has 0 spiro atoms. The Bertz CT molecular complexity index is 554. The minimum atomic E-state index is 0.0369. The van der Waals surface area contributed by atoms with Gasteiger partial charge in [-0.3, -0.25) is 0 Å². The van der Waals surface area contributed by atoms with Crippen molar-refractivity contribution in [2.45, 2.75) is 19.1 Å². The lowest BCUT2D eigenvalue weighted by molar-refractivity contribution is 0.175. The normalized spacial score (nSPS) is 13.5. The minimum absolute atomic E-state index is 0.0369. The van der Waals surface area contributed by atoms with E-state index in [1.54, 1.807) is 0 Å². The van der Waals surface area contributed by atoms with Crippen molar-refractivity contribution < 1.29 is 4.74 Å². The van der Waals surface area contributed by atoms with Crippen molar-refractivity contribution in [1.29, 1.82) is 0 Å². The van der Waals surface area contributed by atoms with E-state index in [1.807, 2.05) is 39.3 Å². The molecule has 2 rings (SSSR count). The van der Waals surface area contributed by atoms with Gasteiger partial charge >= 0.3 is 0 Å². The second kappa shape index (κ2) is 7.14. The van der Waals surface area contributed by atoms with E-state index in [4.69, 9.17) is 4.74 Å². The van der Waals surface area contributed by atoms with Gasteiger partial charge in [-0.05, 0) is 31.7 Å². The fourth-order valence-electron chi connectivity index (χ4n) is 2.45. The second-order valence-corrected chi connectivity index (χ2v) is 5.39. The maximum absolute atomic E-state index is 6.12. The van der Waals surface area contributed by atoms with E-state index in [-0.39, 0.29) is 12.1 Å². The fraction of sp³-hybridized carbons (Fsp3) is 0.333. The van der Waals surface area contributed by atoms with Crippen LogP contribution in [-0.4, -0.2) is 27.2 Å². The van der Waals surface area contributed by atoms with Crippen molar-refractivity contribution in [3.05, 3.63) is 60.2 Å². The maximum Gasteiger partial charge on any atom is 0.121 e. The van der Waals surface area contributed by atoms with Crippen LogP contribution in [-0.2, 0) is 0 Å². The Balaban J connectivity index is 2.12. The number of hydrogen-bond acceptors (Lipinski definition) is 3. The third kappa shape index (κ3) is 3.99. The first-order valence-electron chi connectivity index (χ1n) is 7.28. The van der Waals surface area contributed by atoms with E-state index < -0.39 is 0 Å². The number of anilines is 1. The summed E-state index contributed by atoms with van der Waals surface area (Å²) in [4.78, 5) is 2.07. The summed E-state index contributed by atoms with van der Waals surface area (Å²) in [6.07, 6.45) is 0.0369. The van der Waals surface area contributed by atoms with Gasteiger partial charge in [-0.2, -0.15) is 0 Å². The molecular weight excluding hydrogens is 260 g/mol. The molecule has 0 aliphatic carbocycles. The largest absolute Gasteiger partial charge is 0.489 e. The average Bonchev–Trinajstić information content (AvgIpc) is 2.49. The smallest absolute Gasteiger partial charge is 0.121 e. The summed E-state index contributed by atoms with van der Waals surface area (Å²) in [6, 6.07) is 18.7. The molecule has 2 aromatic rings. The van der Waals surface area contributed by atoms with Crippen LogP contribution in [0.4, 0.5) is 5.69 Å². The molecule has 0 aliphatic rings. The Morgan fingerprint density at radius 2 is 1.71 bits per heavy atom. The van der Waals surface area contributed by atoms with Gasteiger partial charge in [0.15, 0.2) is 0 Å². The lowest BCUT2D eigenvalue weighted by Gasteiger charge is -2.25. The molecule has 0 bridgehead atoms. The van der Waals surface area contributed by atoms with Crippen molar-refractivity contribution in [3.8, 4) is 5.75 Å². The van der Waals surface area contributed by atoms with E-state index >= 15 is 0 Å². The second-order valence-electron chi connectivity index (χ2n) is 5.39. The quantitative estimate of drug-likeness (QED) is 0.879. The minimum Gasteiger partial charge on any atom is -0.489 e. The Hall–Kier alpha value is -2.00. The van der Waals surface area contributed by atoms with Crippen molar-refractivity contribution in [3.63, 3.8) is 0 Å². The summed E-state index contributed by atoms with van der Waals surface area (Å²) < 4.78 is 6.12. The van der Waals surface area contributed by atoms with Gasteiger partial charge in [-0.1, -0.05) is 36.4 Å². The van der Waals surface area contributed by atoms with Crippen LogP contribution in [0.2, 0.25) is 0 Å². The number of ether oxygens (including phenoxy) is 1. The number of rotatable bonds is 6. The summed E-state index contributed by atoms with van der Waals surface area (Å²) in [5.74, 6) is 0.893. The van der Waals surface area contributed by atoms with Crippen LogP contribution < -0.4 is 15.0 Å². The molecule has 0 saturated carbocycles. The van der Waals surface area contributed by atoms with Crippen LogP contribution in [0.25, 0.3) is 0 Å². The standard InChI is InChI=1S/C18H24N2O/c1-14(18(19-2)15-9-6-5-7-10-15)21-17-12-8-11-16(13-17)20(3)4/h5-14,18-19H,1-4H3. The average molecular weight is 284 g/mol. The lowest BCUT2D eigenvalue weighted by Crippen LogP contribution is -2.31. The van der Waals surface area contributed by atoms with E-state index in [0.717, 1.165) is 11.4 Å². The van der Waals surface area contributed by atoms with E-state index in [0.29, 0.717) is 0 Å². The summed E-state index contributed by atoms with van der Waals surface area (Å²) in [5, 5.41) is 3.34.